The number of nitrogen functional groups attached to an aromatic ring is 1. The van der Waals surface area contributed by atoms with Gasteiger partial charge >= 0.3 is 0 Å². The molecule has 35 heavy (non-hydrogen) atoms. The standard InChI is InChI=1S/C24H29N7O3S/c25-24-27-14-17(15-28-24)22-29-19-13-20(35-21(19)23(30-22)31-5-9-34-10-6-31)16-2-1-3-18(12-16)26-4-8-33-11-7-32/h1-3,12,14-15,20,26,32H,4-11,13H2,(H2,25,27,28). The fraction of sp³-hybridized carbons (Fsp3) is 0.417. The third-order valence-electron chi connectivity index (χ3n) is 5.87. The quantitative estimate of drug-likeness (QED) is 0.377. The van der Waals surface area contributed by atoms with Gasteiger partial charge in [-0.05, 0) is 17.7 Å². The average Bonchev–Trinajstić information content (AvgIpc) is 3.34. The van der Waals surface area contributed by atoms with Gasteiger partial charge in [0.1, 0.15) is 5.82 Å². The second kappa shape index (κ2) is 11.2. The smallest absolute Gasteiger partial charge is 0.219 e. The highest BCUT2D eigenvalue weighted by Crippen LogP contribution is 2.50. The lowest BCUT2D eigenvalue weighted by atomic mass is 10.1. The van der Waals surface area contributed by atoms with E-state index in [4.69, 9.17) is 30.3 Å². The Hall–Kier alpha value is -2.99. The van der Waals surface area contributed by atoms with Gasteiger partial charge in [0.25, 0.3) is 0 Å². The third-order valence-corrected chi connectivity index (χ3v) is 7.24. The lowest BCUT2D eigenvalue weighted by molar-refractivity contribution is 0.0992. The summed E-state index contributed by atoms with van der Waals surface area (Å²) >= 11 is 1.82. The molecule has 0 bridgehead atoms. The molecule has 0 amide bonds. The van der Waals surface area contributed by atoms with Crippen molar-refractivity contribution in [2.45, 2.75) is 16.6 Å². The van der Waals surface area contributed by atoms with Crippen LogP contribution in [0.1, 0.15) is 16.5 Å². The zero-order valence-electron chi connectivity index (χ0n) is 19.4. The summed E-state index contributed by atoms with van der Waals surface area (Å²) in [5.74, 6) is 1.80. The van der Waals surface area contributed by atoms with Crippen LogP contribution in [-0.4, -0.2) is 77.7 Å². The number of nitrogens with zero attached hydrogens (tertiary/aromatic N) is 5. The van der Waals surface area contributed by atoms with Gasteiger partial charge in [0.05, 0.1) is 49.2 Å². The fourth-order valence-corrected chi connectivity index (χ4v) is 5.50. The number of fused-ring (bicyclic) bond motifs is 1. The molecule has 2 aromatic heterocycles. The zero-order chi connectivity index (χ0) is 24.0. The molecule has 1 atom stereocenters. The van der Waals surface area contributed by atoms with Crippen LogP contribution in [0.5, 0.6) is 0 Å². The lowest BCUT2D eigenvalue weighted by Gasteiger charge is -2.29. The van der Waals surface area contributed by atoms with Gasteiger partial charge in [-0.3, -0.25) is 0 Å². The van der Waals surface area contributed by atoms with Crippen LogP contribution in [0.4, 0.5) is 17.5 Å². The molecule has 1 unspecified atom stereocenters. The first-order valence-corrected chi connectivity index (χ1v) is 12.6. The first-order chi connectivity index (χ1) is 17.2. The molecule has 2 aliphatic heterocycles. The van der Waals surface area contributed by atoms with Crippen molar-refractivity contribution in [1.29, 1.82) is 0 Å². The number of aliphatic hydroxyl groups excluding tert-OH is 1. The number of morpholine rings is 1. The Morgan fingerprint density at radius 1 is 1.17 bits per heavy atom. The molecule has 0 radical (unpaired) electrons. The molecule has 3 aromatic rings. The van der Waals surface area contributed by atoms with E-state index in [0.29, 0.717) is 38.8 Å². The van der Waals surface area contributed by atoms with E-state index >= 15 is 0 Å². The molecule has 1 fully saturated rings. The van der Waals surface area contributed by atoms with E-state index in [-0.39, 0.29) is 17.8 Å². The Labute approximate surface area is 208 Å². The Morgan fingerprint density at radius 2 is 2.00 bits per heavy atom. The Bertz CT molecular complexity index is 1140. The van der Waals surface area contributed by atoms with Crippen LogP contribution in [0.2, 0.25) is 0 Å². The summed E-state index contributed by atoms with van der Waals surface area (Å²) in [6.07, 6.45) is 4.16. The van der Waals surface area contributed by atoms with Crippen molar-refractivity contribution in [3.8, 4) is 11.4 Å². The summed E-state index contributed by atoms with van der Waals surface area (Å²) in [5.41, 5.74) is 9.75. The number of aromatic nitrogens is 4. The number of benzene rings is 1. The summed E-state index contributed by atoms with van der Waals surface area (Å²) in [6.45, 7) is 4.58. The van der Waals surface area contributed by atoms with E-state index in [1.807, 2.05) is 11.8 Å². The van der Waals surface area contributed by atoms with Crippen LogP contribution in [0.3, 0.4) is 0 Å². The minimum Gasteiger partial charge on any atom is -0.394 e. The Morgan fingerprint density at radius 3 is 2.80 bits per heavy atom. The van der Waals surface area contributed by atoms with E-state index in [2.05, 4.69) is 44.5 Å². The second-order valence-electron chi connectivity index (χ2n) is 8.27. The maximum Gasteiger partial charge on any atom is 0.219 e. The van der Waals surface area contributed by atoms with Crippen LogP contribution >= 0.6 is 11.8 Å². The van der Waals surface area contributed by atoms with Crippen molar-refractivity contribution in [2.24, 2.45) is 0 Å². The molecule has 10 nitrogen and oxygen atoms in total. The molecule has 184 valence electrons. The van der Waals surface area contributed by atoms with Crippen molar-refractivity contribution in [1.82, 2.24) is 19.9 Å². The number of ether oxygens (including phenoxy) is 2. The van der Waals surface area contributed by atoms with Gasteiger partial charge in [-0.1, -0.05) is 12.1 Å². The van der Waals surface area contributed by atoms with Gasteiger partial charge in [0, 0.05) is 49.4 Å². The Balaban J connectivity index is 1.39. The highest BCUT2D eigenvalue weighted by atomic mass is 32.2. The van der Waals surface area contributed by atoms with Crippen LogP contribution in [0.25, 0.3) is 11.4 Å². The second-order valence-corrected chi connectivity index (χ2v) is 9.49. The SMILES string of the molecule is Nc1ncc(-c2nc3c(c(N4CCOCC4)n2)SC(c2cccc(NCCOCCO)c2)C3)cn1. The van der Waals surface area contributed by atoms with Gasteiger partial charge in [0.15, 0.2) is 5.82 Å². The maximum atomic E-state index is 8.83. The number of nitrogens with one attached hydrogen (secondary N) is 1. The number of nitrogens with two attached hydrogens (primary N) is 1. The molecule has 5 rings (SSSR count). The van der Waals surface area contributed by atoms with Crippen molar-refractivity contribution < 1.29 is 14.6 Å². The zero-order valence-corrected chi connectivity index (χ0v) is 20.2. The van der Waals surface area contributed by atoms with Crippen LogP contribution < -0.4 is 16.0 Å². The Kier molecular flexibility index (Phi) is 7.57. The highest BCUT2D eigenvalue weighted by Gasteiger charge is 2.32. The van der Waals surface area contributed by atoms with E-state index in [0.717, 1.165) is 47.2 Å². The predicted octanol–water partition coefficient (Wildman–Crippen LogP) is 2.16. The summed E-state index contributed by atoms with van der Waals surface area (Å²) in [5, 5.41) is 12.5. The van der Waals surface area contributed by atoms with Gasteiger partial charge in [-0.15, -0.1) is 11.8 Å². The topological polar surface area (TPSA) is 132 Å². The van der Waals surface area contributed by atoms with E-state index < -0.39 is 0 Å². The van der Waals surface area contributed by atoms with E-state index in [1.165, 1.54) is 5.56 Å². The van der Waals surface area contributed by atoms with Gasteiger partial charge in [-0.25, -0.2) is 19.9 Å². The van der Waals surface area contributed by atoms with Crippen molar-refractivity contribution in [3.05, 3.63) is 47.9 Å². The largest absolute Gasteiger partial charge is 0.394 e. The molecule has 0 aliphatic carbocycles. The van der Waals surface area contributed by atoms with Crippen molar-refractivity contribution in [3.63, 3.8) is 0 Å². The number of aliphatic hydroxyl groups is 1. The minimum atomic E-state index is 0.0390. The van der Waals surface area contributed by atoms with Gasteiger partial charge < -0.3 is 30.5 Å². The molecule has 1 aromatic carbocycles. The van der Waals surface area contributed by atoms with Crippen LogP contribution in [0.15, 0.2) is 41.6 Å². The first kappa shape index (κ1) is 23.7. The maximum absolute atomic E-state index is 8.83. The number of hydrogen-bond acceptors (Lipinski definition) is 11. The summed E-state index contributed by atoms with van der Waals surface area (Å²) in [7, 11) is 0. The summed E-state index contributed by atoms with van der Waals surface area (Å²) in [4.78, 5) is 21.5. The summed E-state index contributed by atoms with van der Waals surface area (Å²) in [6, 6.07) is 8.47. The normalized spacial score (nSPS) is 17.4. The van der Waals surface area contributed by atoms with Gasteiger partial charge in [-0.2, -0.15) is 0 Å². The number of thioether (sulfide) groups is 1. The average molecular weight is 496 g/mol. The van der Waals surface area contributed by atoms with Crippen LogP contribution in [0, 0.1) is 0 Å². The predicted molar refractivity (Wildman–Crippen MR) is 136 cm³/mol. The van der Waals surface area contributed by atoms with Crippen molar-refractivity contribution in [2.75, 3.05) is 68.6 Å². The van der Waals surface area contributed by atoms with Crippen molar-refractivity contribution >= 4 is 29.2 Å². The molecule has 4 heterocycles. The molecular formula is C24H29N7O3S. The summed E-state index contributed by atoms with van der Waals surface area (Å²) < 4.78 is 10.9. The number of rotatable bonds is 9. The minimum absolute atomic E-state index is 0.0390. The lowest BCUT2D eigenvalue weighted by Crippen LogP contribution is -2.37. The molecule has 0 spiro atoms. The molecule has 0 saturated carbocycles. The monoisotopic (exact) mass is 495 g/mol. The van der Waals surface area contributed by atoms with E-state index in [9.17, 15) is 0 Å². The molecular weight excluding hydrogens is 466 g/mol. The fourth-order valence-electron chi connectivity index (χ4n) is 4.14. The number of anilines is 3. The molecule has 11 heteroatoms. The highest BCUT2D eigenvalue weighted by molar-refractivity contribution is 8.00. The third kappa shape index (κ3) is 5.64. The first-order valence-electron chi connectivity index (χ1n) is 11.7. The van der Waals surface area contributed by atoms with Gasteiger partial charge in [0.2, 0.25) is 5.95 Å². The number of hydrogen-bond donors (Lipinski definition) is 3. The molecule has 2 aliphatic rings. The molecule has 4 N–H and O–H groups in total. The molecule has 1 saturated heterocycles. The van der Waals surface area contributed by atoms with Crippen LogP contribution in [-0.2, 0) is 15.9 Å². The van der Waals surface area contributed by atoms with E-state index in [1.54, 1.807) is 12.4 Å².